The summed E-state index contributed by atoms with van der Waals surface area (Å²) >= 11 is 0. The number of ether oxygens (including phenoxy) is 3. The number of rotatable bonds is 9. The van der Waals surface area contributed by atoms with Gasteiger partial charge in [-0.25, -0.2) is 4.79 Å². The van der Waals surface area contributed by atoms with Crippen LogP contribution in [0, 0.1) is 11.8 Å². The van der Waals surface area contributed by atoms with E-state index in [1.807, 2.05) is 6.07 Å². The van der Waals surface area contributed by atoms with Crippen LogP contribution < -0.4 is 9.47 Å². The Labute approximate surface area is 133 Å². The molecule has 0 heterocycles. The van der Waals surface area contributed by atoms with Gasteiger partial charge in [-0.3, -0.25) is 0 Å². The Bertz CT molecular complexity index is 434. The fourth-order valence-corrected chi connectivity index (χ4v) is 1.80. The zero-order valence-electron chi connectivity index (χ0n) is 14.3. The Balaban J connectivity index is 2.78. The highest BCUT2D eigenvalue weighted by Crippen LogP contribution is 2.24. The maximum absolute atomic E-state index is 11.7. The molecule has 0 saturated carbocycles. The first-order valence-corrected chi connectivity index (χ1v) is 7.91. The van der Waals surface area contributed by atoms with Gasteiger partial charge in [0, 0.05) is 6.07 Å². The molecular formula is C18H28O4. The van der Waals surface area contributed by atoms with Gasteiger partial charge in [0.1, 0.15) is 11.5 Å². The van der Waals surface area contributed by atoms with Gasteiger partial charge in [-0.2, -0.15) is 0 Å². The van der Waals surface area contributed by atoms with Crippen LogP contribution in [0.4, 0.5) is 0 Å². The number of hydrogen-bond acceptors (Lipinski definition) is 4. The molecule has 0 unspecified atom stereocenters. The lowest BCUT2D eigenvalue weighted by Crippen LogP contribution is -2.07. The largest absolute Gasteiger partial charge is 0.493 e. The highest BCUT2D eigenvalue weighted by atomic mass is 16.5. The first-order valence-electron chi connectivity index (χ1n) is 7.91. The van der Waals surface area contributed by atoms with Gasteiger partial charge in [0.25, 0.3) is 0 Å². The van der Waals surface area contributed by atoms with Gasteiger partial charge >= 0.3 is 5.97 Å². The molecule has 0 saturated heterocycles. The van der Waals surface area contributed by atoms with Crippen molar-refractivity contribution in [1.82, 2.24) is 0 Å². The third kappa shape index (κ3) is 6.83. The summed E-state index contributed by atoms with van der Waals surface area (Å²) in [6, 6.07) is 5.22. The van der Waals surface area contributed by atoms with E-state index < -0.39 is 0 Å². The molecule has 0 aromatic heterocycles. The lowest BCUT2D eigenvalue weighted by molar-refractivity contribution is 0.0599. The summed E-state index contributed by atoms with van der Waals surface area (Å²) in [5.41, 5.74) is 0.448. The highest BCUT2D eigenvalue weighted by molar-refractivity contribution is 5.90. The molecule has 22 heavy (non-hydrogen) atoms. The Morgan fingerprint density at radius 1 is 0.909 bits per heavy atom. The van der Waals surface area contributed by atoms with Gasteiger partial charge < -0.3 is 14.2 Å². The third-order valence-electron chi connectivity index (χ3n) is 3.23. The van der Waals surface area contributed by atoms with Crippen molar-refractivity contribution < 1.29 is 19.0 Å². The summed E-state index contributed by atoms with van der Waals surface area (Å²) in [6.07, 6.45) is 1.93. The van der Waals surface area contributed by atoms with E-state index >= 15 is 0 Å². The van der Waals surface area contributed by atoms with Gasteiger partial charge in [0.2, 0.25) is 0 Å². The van der Waals surface area contributed by atoms with Crippen LogP contribution in [0.15, 0.2) is 18.2 Å². The Kier molecular flexibility index (Phi) is 7.78. The van der Waals surface area contributed by atoms with Gasteiger partial charge in [-0.1, -0.05) is 27.7 Å². The van der Waals surface area contributed by atoms with Crippen molar-refractivity contribution in [3.63, 3.8) is 0 Å². The third-order valence-corrected chi connectivity index (χ3v) is 3.23. The van der Waals surface area contributed by atoms with Crippen LogP contribution in [-0.4, -0.2) is 26.3 Å². The summed E-state index contributed by atoms with van der Waals surface area (Å²) in [6.45, 7) is 9.83. The molecule has 0 aliphatic carbocycles. The standard InChI is InChI=1S/C18H28O4/c1-13(2)6-8-21-16-10-15(18(19)20-5)11-17(12-16)22-9-7-14(3)4/h10-14H,6-9H2,1-5H3. The van der Waals surface area contributed by atoms with Crippen molar-refractivity contribution in [2.45, 2.75) is 40.5 Å². The summed E-state index contributed by atoms with van der Waals surface area (Å²) < 4.78 is 16.2. The Morgan fingerprint density at radius 3 is 1.73 bits per heavy atom. The number of benzene rings is 1. The van der Waals surface area contributed by atoms with Crippen molar-refractivity contribution in [2.75, 3.05) is 20.3 Å². The summed E-state index contributed by atoms with van der Waals surface area (Å²) in [5, 5.41) is 0. The Morgan fingerprint density at radius 2 is 1.36 bits per heavy atom. The molecule has 4 heteroatoms. The summed E-state index contributed by atoms with van der Waals surface area (Å²) in [7, 11) is 1.37. The van der Waals surface area contributed by atoms with Crippen molar-refractivity contribution in [3.8, 4) is 11.5 Å². The maximum Gasteiger partial charge on any atom is 0.338 e. The average molecular weight is 308 g/mol. The molecule has 1 aromatic rings. The number of carbonyl (C=O) groups is 1. The van der Waals surface area contributed by atoms with E-state index in [1.165, 1.54) is 7.11 Å². The molecule has 0 fully saturated rings. The lowest BCUT2D eigenvalue weighted by Gasteiger charge is -2.13. The molecule has 0 atom stereocenters. The second kappa shape index (κ2) is 9.34. The van der Waals surface area contributed by atoms with Crippen LogP contribution in [0.5, 0.6) is 11.5 Å². The van der Waals surface area contributed by atoms with Crippen LogP contribution in [0.1, 0.15) is 50.9 Å². The molecule has 0 amide bonds. The molecule has 0 N–H and O–H groups in total. The van der Waals surface area contributed by atoms with E-state index in [2.05, 4.69) is 27.7 Å². The lowest BCUT2D eigenvalue weighted by atomic mass is 10.1. The molecule has 0 spiro atoms. The van der Waals surface area contributed by atoms with E-state index in [1.54, 1.807) is 12.1 Å². The number of carbonyl (C=O) groups excluding carboxylic acids is 1. The van der Waals surface area contributed by atoms with Crippen LogP contribution in [0.3, 0.4) is 0 Å². The van der Waals surface area contributed by atoms with Crippen molar-refractivity contribution >= 4 is 5.97 Å². The Hall–Kier alpha value is -1.71. The molecule has 124 valence electrons. The molecule has 1 aromatic carbocycles. The quantitative estimate of drug-likeness (QED) is 0.637. The fourth-order valence-electron chi connectivity index (χ4n) is 1.80. The second-order valence-electron chi connectivity index (χ2n) is 6.25. The topological polar surface area (TPSA) is 44.8 Å². The first-order chi connectivity index (χ1) is 10.4. The molecule has 0 aliphatic rings. The monoisotopic (exact) mass is 308 g/mol. The minimum atomic E-state index is -0.386. The number of methoxy groups -OCH3 is 1. The maximum atomic E-state index is 11.7. The van der Waals surface area contributed by atoms with Crippen molar-refractivity contribution in [1.29, 1.82) is 0 Å². The van der Waals surface area contributed by atoms with Gasteiger partial charge in [0.05, 0.1) is 25.9 Å². The van der Waals surface area contributed by atoms with E-state index in [0.717, 1.165) is 12.8 Å². The van der Waals surface area contributed by atoms with E-state index in [4.69, 9.17) is 14.2 Å². The molecular weight excluding hydrogens is 280 g/mol. The molecule has 0 radical (unpaired) electrons. The SMILES string of the molecule is COC(=O)c1cc(OCCC(C)C)cc(OCCC(C)C)c1. The van der Waals surface area contributed by atoms with E-state index in [0.29, 0.717) is 42.1 Å². The highest BCUT2D eigenvalue weighted by Gasteiger charge is 2.11. The van der Waals surface area contributed by atoms with Crippen LogP contribution in [0.25, 0.3) is 0 Å². The van der Waals surface area contributed by atoms with Gasteiger partial charge in [-0.15, -0.1) is 0 Å². The van der Waals surface area contributed by atoms with Gasteiger partial charge in [0.15, 0.2) is 0 Å². The zero-order valence-corrected chi connectivity index (χ0v) is 14.3. The molecule has 0 aliphatic heterocycles. The summed E-state index contributed by atoms with van der Waals surface area (Å²) in [4.78, 5) is 11.7. The summed E-state index contributed by atoms with van der Waals surface area (Å²) in [5.74, 6) is 2.05. The number of esters is 1. The first kappa shape index (κ1) is 18.3. The normalized spacial score (nSPS) is 10.9. The molecule has 0 bridgehead atoms. The molecule has 1 rings (SSSR count). The molecule has 4 nitrogen and oxygen atoms in total. The minimum absolute atomic E-state index is 0.386. The predicted octanol–water partition coefficient (Wildman–Crippen LogP) is 4.32. The van der Waals surface area contributed by atoms with Crippen LogP contribution in [-0.2, 0) is 4.74 Å². The fraction of sp³-hybridized carbons (Fsp3) is 0.611. The van der Waals surface area contributed by atoms with E-state index in [9.17, 15) is 4.79 Å². The predicted molar refractivity (Wildman–Crippen MR) is 87.7 cm³/mol. The number of hydrogen-bond donors (Lipinski definition) is 0. The van der Waals surface area contributed by atoms with Crippen LogP contribution in [0.2, 0.25) is 0 Å². The van der Waals surface area contributed by atoms with Crippen LogP contribution >= 0.6 is 0 Å². The average Bonchev–Trinajstić information content (AvgIpc) is 2.45. The minimum Gasteiger partial charge on any atom is -0.493 e. The van der Waals surface area contributed by atoms with Crippen molar-refractivity contribution in [3.05, 3.63) is 23.8 Å². The second-order valence-corrected chi connectivity index (χ2v) is 6.25. The van der Waals surface area contributed by atoms with Gasteiger partial charge in [-0.05, 0) is 36.8 Å². The van der Waals surface area contributed by atoms with E-state index in [-0.39, 0.29) is 5.97 Å². The zero-order chi connectivity index (χ0) is 16.5. The van der Waals surface area contributed by atoms with Crippen molar-refractivity contribution in [2.24, 2.45) is 11.8 Å². The smallest absolute Gasteiger partial charge is 0.338 e.